The zero-order valence-corrected chi connectivity index (χ0v) is 17.0. The maximum absolute atomic E-state index is 12.6. The molecule has 0 bridgehead atoms. The molecule has 1 fully saturated rings. The predicted octanol–water partition coefficient (Wildman–Crippen LogP) is 3.60. The Morgan fingerprint density at radius 3 is 2.59 bits per heavy atom. The first kappa shape index (κ1) is 19.3. The van der Waals surface area contributed by atoms with Crippen LogP contribution in [0.3, 0.4) is 0 Å². The molecular formula is C23H27N3O3. The zero-order chi connectivity index (χ0) is 20.4. The molecule has 2 aromatic rings. The molecule has 6 nitrogen and oxygen atoms in total. The van der Waals surface area contributed by atoms with Crippen LogP contribution < -0.4 is 19.9 Å². The van der Waals surface area contributed by atoms with Crippen LogP contribution in [0.2, 0.25) is 0 Å². The molecule has 0 radical (unpaired) electrons. The van der Waals surface area contributed by atoms with E-state index in [2.05, 4.69) is 29.3 Å². The van der Waals surface area contributed by atoms with Crippen molar-refractivity contribution in [3.63, 3.8) is 0 Å². The fourth-order valence-corrected chi connectivity index (χ4v) is 3.90. The second kappa shape index (κ2) is 8.15. The third kappa shape index (κ3) is 4.53. The van der Waals surface area contributed by atoms with E-state index in [-0.39, 0.29) is 25.0 Å². The Kier molecular flexibility index (Phi) is 5.43. The lowest BCUT2D eigenvalue weighted by molar-refractivity contribution is -0.133. The number of rotatable bonds is 4. The van der Waals surface area contributed by atoms with Gasteiger partial charge in [0, 0.05) is 24.5 Å². The summed E-state index contributed by atoms with van der Waals surface area (Å²) in [6.07, 6.45) is 2.44. The lowest BCUT2D eigenvalue weighted by Crippen LogP contribution is -2.41. The van der Waals surface area contributed by atoms with Crippen molar-refractivity contribution in [3.05, 3.63) is 48.0 Å². The fourth-order valence-electron chi connectivity index (χ4n) is 3.90. The third-order valence-corrected chi connectivity index (χ3v) is 5.63. The molecule has 29 heavy (non-hydrogen) atoms. The summed E-state index contributed by atoms with van der Waals surface area (Å²) in [5.74, 6) is 0.794. The van der Waals surface area contributed by atoms with Gasteiger partial charge in [0.25, 0.3) is 0 Å². The average Bonchev–Trinajstić information content (AvgIpc) is 2.68. The van der Waals surface area contributed by atoms with Gasteiger partial charge in [0.1, 0.15) is 6.54 Å². The number of carbonyl (C=O) groups is 2. The van der Waals surface area contributed by atoms with Crippen molar-refractivity contribution >= 4 is 28.9 Å². The summed E-state index contributed by atoms with van der Waals surface area (Å²) in [7, 11) is 0. The molecule has 2 aliphatic rings. The molecule has 0 saturated carbocycles. The number of ether oxygens (including phenoxy) is 1. The molecule has 6 heteroatoms. The lowest BCUT2D eigenvalue weighted by Gasteiger charge is -2.32. The van der Waals surface area contributed by atoms with Crippen molar-refractivity contribution in [1.29, 1.82) is 0 Å². The van der Waals surface area contributed by atoms with E-state index in [0.717, 1.165) is 35.9 Å². The zero-order valence-electron chi connectivity index (χ0n) is 17.0. The summed E-state index contributed by atoms with van der Waals surface area (Å²) < 4.78 is 5.30. The number of hydrogen-bond donors (Lipinski definition) is 1. The van der Waals surface area contributed by atoms with Gasteiger partial charge in [-0.05, 0) is 67.6 Å². The van der Waals surface area contributed by atoms with Crippen molar-refractivity contribution in [2.45, 2.75) is 26.7 Å². The van der Waals surface area contributed by atoms with E-state index >= 15 is 0 Å². The quantitative estimate of drug-likeness (QED) is 0.635. The number of fused-ring (bicyclic) bond motifs is 1. The van der Waals surface area contributed by atoms with Crippen LogP contribution in [-0.4, -0.2) is 38.1 Å². The van der Waals surface area contributed by atoms with E-state index in [9.17, 15) is 9.59 Å². The Labute approximate surface area is 171 Å². The molecule has 152 valence electrons. The van der Waals surface area contributed by atoms with E-state index in [1.54, 1.807) is 4.90 Å². The Hall–Kier alpha value is -3.02. The lowest BCUT2D eigenvalue weighted by atomic mass is 9.99. The minimum Gasteiger partial charge on any atom is -0.423 e. The van der Waals surface area contributed by atoms with Crippen molar-refractivity contribution < 1.29 is 14.3 Å². The maximum Gasteiger partial charge on any atom is 0.331 e. The van der Waals surface area contributed by atoms with E-state index in [0.29, 0.717) is 5.75 Å². The molecule has 0 spiro atoms. The van der Waals surface area contributed by atoms with Gasteiger partial charge in [0.2, 0.25) is 5.91 Å². The normalized spacial score (nSPS) is 17.0. The number of benzene rings is 2. The molecule has 1 saturated heterocycles. The fraction of sp³-hybridized carbons (Fsp3) is 0.391. The van der Waals surface area contributed by atoms with Crippen LogP contribution in [-0.2, 0) is 9.59 Å². The minimum atomic E-state index is -0.351. The van der Waals surface area contributed by atoms with Crippen LogP contribution in [0.25, 0.3) is 0 Å². The predicted molar refractivity (Wildman–Crippen MR) is 115 cm³/mol. The van der Waals surface area contributed by atoms with E-state index in [1.165, 1.54) is 18.5 Å². The van der Waals surface area contributed by atoms with Gasteiger partial charge >= 0.3 is 5.97 Å². The molecule has 1 amide bonds. The largest absolute Gasteiger partial charge is 0.423 e. The van der Waals surface area contributed by atoms with Crippen molar-refractivity contribution in [3.8, 4) is 5.75 Å². The SMILES string of the molecule is Cc1ccc2c(c1)OC(=O)CN2CC(=O)Nc1ccc(N2CCC(C)CC2)cc1. The van der Waals surface area contributed by atoms with Gasteiger partial charge in [0.15, 0.2) is 5.75 Å². The maximum atomic E-state index is 12.6. The number of nitrogens with zero attached hydrogens (tertiary/aromatic N) is 2. The molecule has 2 aromatic carbocycles. The van der Waals surface area contributed by atoms with Gasteiger partial charge in [-0.25, -0.2) is 4.79 Å². The highest BCUT2D eigenvalue weighted by molar-refractivity contribution is 5.96. The molecule has 1 N–H and O–H groups in total. The Bertz CT molecular complexity index is 902. The monoisotopic (exact) mass is 393 g/mol. The van der Waals surface area contributed by atoms with E-state index in [1.807, 2.05) is 37.3 Å². The number of anilines is 3. The summed E-state index contributed by atoms with van der Waals surface area (Å²) in [6.45, 7) is 6.56. The number of hydrogen-bond acceptors (Lipinski definition) is 5. The standard InChI is InChI=1S/C23H27N3O3/c1-16-9-11-25(12-10-16)19-6-4-18(5-7-19)24-22(27)14-26-15-23(28)29-21-13-17(2)3-8-20(21)26/h3-8,13,16H,9-12,14-15H2,1-2H3,(H,24,27). The van der Waals surface area contributed by atoms with Gasteiger partial charge in [0.05, 0.1) is 12.2 Å². The van der Waals surface area contributed by atoms with Crippen LogP contribution in [0.4, 0.5) is 17.1 Å². The van der Waals surface area contributed by atoms with Crippen LogP contribution in [0.1, 0.15) is 25.3 Å². The van der Waals surface area contributed by atoms with Gasteiger partial charge < -0.3 is 19.9 Å². The van der Waals surface area contributed by atoms with Gasteiger partial charge in [-0.3, -0.25) is 4.79 Å². The number of carbonyl (C=O) groups excluding carboxylic acids is 2. The first-order chi connectivity index (χ1) is 14.0. The molecule has 2 aliphatic heterocycles. The number of esters is 1. The summed E-state index contributed by atoms with van der Waals surface area (Å²) in [5, 5.41) is 2.93. The number of amides is 1. The van der Waals surface area contributed by atoms with Gasteiger partial charge in [-0.15, -0.1) is 0 Å². The summed E-state index contributed by atoms with van der Waals surface area (Å²) >= 11 is 0. The Morgan fingerprint density at radius 2 is 1.86 bits per heavy atom. The van der Waals surface area contributed by atoms with Crippen molar-refractivity contribution in [2.75, 3.05) is 41.3 Å². The summed E-state index contributed by atoms with van der Waals surface area (Å²) in [5.41, 5.74) is 3.72. The molecule has 2 heterocycles. The number of piperidine rings is 1. The molecule has 0 aliphatic carbocycles. The van der Waals surface area contributed by atoms with Crippen molar-refractivity contribution in [1.82, 2.24) is 0 Å². The topological polar surface area (TPSA) is 61.9 Å². The van der Waals surface area contributed by atoms with E-state index < -0.39 is 0 Å². The highest BCUT2D eigenvalue weighted by atomic mass is 16.5. The highest BCUT2D eigenvalue weighted by Gasteiger charge is 2.25. The van der Waals surface area contributed by atoms with Gasteiger partial charge in [-0.1, -0.05) is 13.0 Å². The van der Waals surface area contributed by atoms with Crippen LogP contribution in [0, 0.1) is 12.8 Å². The minimum absolute atomic E-state index is 0.0653. The first-order valence-corrected chi connectivity index (χ1v) is 10.2. The summed E-state index contributed by atoms with van der Waals surface area (Å²) in [6, 6.07) is 13.6. The second-order valence-corrected chi connectivity index (χ2v) is 8.07. The van der Waals surface area contributed by atoms with Crippen LogP contribution in [0.5, 0.6) is 5.75 Å². The second-order valence-electron chi connectivity index (χ2n) is 8.07. The van der Waals surface area contributed by atoms with Crippen molar-refractivity contribution in [2.24, 2.45) is 5.92 Å². The van der Waals surface area contributed by atoms with Gasteiger partial charge in [-0.2, -0.15) is 0 Å². The first-order valence-electron chi connectivity index (χ1n) is 10.2. The molecule has 0 atom stereocenters. The van der Waals surface area contributed by atoms with Crippen LogP contribution >= 0.6 is 0 Å². The third-order valence-electron chi connectivity index (χ3n) is 5.63. The summed E-state index contributed by atoms with van der Waals surface area (Å²) in [4.78, 5) is 28.6. The average molecular weight is 393 g/mol. The number of aryl methyl sites for hydroxylation is 1. The molecule has 4 rings (SSSR count). The smallest absolute Gasteiger partial charge is 0.331 e. The Balaban J connectivity index is 1.38. The number of nitrogens with one attached hydrogen (secondary N) is 1. The van der Waals surface area contributed by atoms with Crippen LogP contribution in [0.15, 0.2) is 42.5 Å². The molecular weight excluding hydrogens is 366 g/mol. The van der Waals surface area contributed by atoms with E-state index in [4.69, 9.17) is 4.74 Å². The molecule has 0 unspecified atom stereocenters. The Morgan fingerprint density at radius 1 is 1.14 bits per heavy atom. The molecule has 0 aromatic heterocycles. The highest BCUT2D eigenvalue weighted by Crippen LogP contribution is 2.32.